The molecule has 1 aromatic heterocycles. The maximum Gasteiger partial charge on any atom is 0.416 e. The summed E-state index contributed by atoms with van der Waals surface area (Å²) in [6.45, 7) is 5.43. The lowest BCUT2D eigenvalue weighted by atomic mass is 9.81. The zero-order chi connectivity index (χ0) is 32.1. The van der Waals surface area contributed by atoms with Gasteiger partial charge in [0, 0.05) is 18.7 Å². The zero-order valence-corrected chi connectivity index (χ0v) is 24.3. The third-order valence-electron chi connectivity index (χ3n) is 7.97. The number of anilines is 2. The molecule has 240 valence electrons. The molecule has 1 amide bonds. The van der Waals surface area contributed by atoms with Crippen LogP contribution in [0, 0.1) is 17.3 Å². The van der Waals surface area contributed by atoms with E-state index >= 15 is 0 Å². The van der Waals surface area contributed by atoms with Crippen LogP contribution in [0.4, 0.5) is 37.8 Å². The van der Waals surface area contributed by atoms with Crippen molar-refractivity contribution in [1.29, 1.82) is 0 Å². The Morgan fingerprint density at radius 3 is 1.91 bits per heavy atom. The molecule has 4 rings (SSSR count). The fourth-order valence-electron chi connectivity index (χ4n) is 5.19. The molecule has 0 aliphatic carbocycles. The second-order valence-corrected chi connectivity index (χ2v) is 11.6. The first-order chi connectivity index (χ1) is 19.7. The van der Waals surface area contributed by atoms with Crippen LogP contribution in [0.3, 0.4) is 0 Å². The number of hydrogen-bond acceptors (Lipinski definition) is 4. The van der Waals surface area contributed by atoms with Crippen molar-refractivity contribution in [2.24, 2.45) is 0 Å². The van der Waals surface area contributed by atoms with Crippen molar-refractivity contribution in [2.45, 2.75) is 46.0 Å². The molecular weight excluding hydrogens is 590 g/mol. The number of carbonyl (C=O) groups excluding carboxylic acids is 1. The smallest absolute Gasteiger partial charge is 0.416 e. The van der Waals surface area contributed by atoms with E-state index in [1.54, 1.807) is 36.2 Å². The van der Waals surface area contributed by atoms with Gasteiger partial charge >= 0.3 is 12.4 Å². The Balaban J connectivity index is 0.00000529. The molecule has 1 aliphatic heterocycles. The highest BCUT2D eigenvalue weighted by molar-refractivity contribution is 6.03. The minimum atomic E-state index is -5.08. The van der Waals surface area contributed by atoms with E-state index in [-0.39, 0.29) is 38.1 Å². The molecule has 1 fully saturated rings. The van der Waals surface area contributed by atoms with Crippen molar-refractivity contribution in [3.63, 3.8) is 0 Å². The summed E-state index contributed by atoms with van der Waals surface area (Å²) in [7, 11) is 2.87. The van der Waals surface area contributed by atoms with Crippen molar-refractivity contribution in [3.8, 4) is 11.1 Å². The van der Waals surface area contributed by atoms with Gasteiger partial charge in [0.15, 0.2) is 0 Å². The number of aryl methyl sites for hydroxylation is 1. The van der Waals surface area contributed by atoms with Crippen LogP contribution in [0.5, 0.6) is 0 Å². The highest BCUT2D eigenvalue weighted by atomic mass is 19.4. The third kappa shape index (κ3) is 6.94. The monoisotopic (exact) mass is 626 g/mol. The van der Waals surface area contributed by atoms with Crippen molar-refractivity contribution in [2.75, 3.05) is 50.1 Å². The number of pyridine rings is 1. The minimum absolute atomic E-state index is 0. The Hall–Kier alpha value is -3.84. The first-order valence-electron chi connectivity index (χ1n) is 13.4. The first-order valence-corrected chi connectivity index (χ1v) is 13.4. The number of quaternary nitrogens is 1. The Bertz CT molecular complexity index is 1490. The molecule has 7 nitrogen and oxygen atoms in total. The van der Waals surface area contributed by atoms with Gasteiger partial charge in [0.1, 0.15) is 32.4 Å². The van der Waals surface area contributed by atoms with Gasteiger partial charge in [-0.05, 0) is 55.7 Å². The van der Waals surface area contributed by atoms with Gasteiger partial charge < -0.3 is 20.0 Å². The van der Waals surface area contributed by atoms with Gasteiger partial charge in [0.05, 0.1) is 29.3 Å². The average Bonchev–Trinajstić information content (AvgIpc) is 2.91. The van der Waals surface area contributed by atoms with E-state index in [4.69, 9.17) is 0 Å². The fourth-order valence-corrected chi connectivity index (χ4v) is 5.19. The minimum Gasteiger partial charge on any atom is -0.711 e. The number of likely N-dealkylation sites (N-methyl/N-ethyl adjacent to an activating group) is 2. The van der Waals surface area contributed by atoms with E-state index in [1.165, 1.54) is 20.9 Å². The van der Waals surface area contributed by atoms with Crippen LogP contribution in [0.2, 0.25) is 0 Å². The van der Waals surface area contributed by atoms with Crippen LogP contribution >= 0.6 is 0 Å². The number of aromatic nitrogens is 1. The fraction of sp³-hybridized carbons (Fsp3) is 0.419. The molecule has 1 aliphatic rings. The number of hydrogen-bond donors (Lipinski definition) is 0. The summed E-state index contributed by atoms with van der Waals surface area (Å²) >= 11 is 0. The Morgan fingerprint density at radius 2 is 1.41 bits per heavy atom. The van der Waals surface area contributed by atoms with Crippen LogP contribution in [0.15, 0.2) is 54.7 Å². The van der Waals surface area contributed by atoms with Crippen molar-refractivity contribution in [1.82, 2.24) is 0 Å². The molecule has 44 heavy (non-hydrogen) atoms. The van der Waals surface area contributed by atoms with E-state index in [0.29, 0.717) is 41.1 Å². The number of nitrogens with zero attached hydrogens (tertiary/aromatic N) is 4. The molecule has 0 spiro atoms. The predicted octanol–water partition coefficient (Wildman–Crippen LogP) is 6.67. The number of benzene rings is 2. The third-order valence-corrected chi connectivity index (χ3v) is 7.97. The van der Waals surface area contributed by atoms with E-state index in [9.17, 15) is 41.6 Å². The molecule has 3 aromatic rings. The number of amides is 1. The number of alkyl halides is 6. The van der Waals surface area contributed by atoms with Gasteiger partial charge in [-0.3, -0.25) is 4.79 Å². The second kappa shape index (κ2) is 11.9. The number of carbonyl (C=O) groups is 1. The number of rotatable bonds is 5. The summed E-state index contributed by atoms with van der Waals surface area (Å²) in [5, 5.41) is 25.7. The van der Waals surface area contributed by atoms with Gasteiger partial charge in [-0.2, -0.15) is 26.3 Å². The molecule has 2 heterocycles. The van der Waals surface area contributed by atoms with Crippen molar-refractivity contribution in [3.05, 3.63) is 87.4 Å². The largest absolute Gasteiger partial charge is 0.711 e. The van der Waals surface area contributed by atoms with Crippen LogP contribution in [0.25, 0.3) is 11.1 Å². The normalized spacial score (nSPS) is 15.5. The molecule has 1 saturated heterocycles. The van der Waals surface area contributed by atoms with Crippen molar-refractivity contribution < 1.29 is 40.5 Å². The summed E-state index contributed by atoms with van der Waals surface area (Å²) in [5.74, 6) is -0.588. The van der Waals surface area contributed by atoms with Crippen molar-refractivity contribution >= 4 is 17.4 Å². The maximum absolute atomic E-state index is 13.9. The quantitative estimate of drug-likeness (QED) is 0.137. The number of halogens is 6. The summed E-state index contributed by atoms with van der Waals surface area (Å²) in [6.07, 6.45) is -9.00. The standard InChI is InChI=1S/C30H32F6N4O3.CH4/c1-19-8-6-7-9-23(19)24-17-26(38-10-12-40(5,43)13-11-38)39(42)18-25(24)37(4)27(41)28(2,3)20-14-21(29(31,32)33)16-22(15-20)30(34,35)36;/h6-9,14-18H,10-13H2,1-5H3;1H4. The molecule has 0 atom stereocenters. The number of piperazine rings is 1. The summed E-state index contributed by atoms with van der Waals surface area (Å²) in [5.41, 5.74) is -3.38. The van der Waals surface area contributed by atoms with E-state index in [1.807, 2.05) is 13.0 Å². The van der Waals surface area contributed by atoms with Gasteiger partial charge in [-0.1, -0.05) is 31.7 Å². The Kier molecular flexibility index (Phi) is 9.39. The van der Waals surface area contributed by atoms with Crippen LogP contribution in [0.1, 0.15) is 43.5 Å². The Morgan fingerprint density at radius 1 is 0.909 bits per heavy atom. The van der Waals surface area contributed by atoms with Crippen LogP contribution in [-0.4, -0.2) is 50.8 Å². The molecule has 0 unspecified atom stereocenters. The Labute approximate surface area is 252 Å². The zero-order valence-electron chi connectivity index (χ0n) is 24.3. The average molecular weight is 627 g/mol. The van der Waals surface area contributed by atoms with Crippen LogP contribution < -0.4 is 14.5 Å². The molecular formula is C31H36F6N4O3. The summed E-state index contributed by atoms with van der Waals surface area (Å²) < 4.78 is 81.6. The van der Waals surface area contributed by atoms with Gasteiger partial charge in [0.25, 0.3) is 5.82 Å². The lowest BCUT2D eigenvalue weighted by Gasteiger charge is -2.43. The summed E-state index contributed by atoms with van der Waals surface area (Å²) in [6, 6.07) is 9.85. The van der Waals surface area contributed by atoms with Crippen LogP contribution in [-0.2, 0) is 22.6 Å². The van der Waals surface area contributed by atoms with E-state index < -0.39 is 45.0 Å². The highest BCUT2D eigenvalue weighted by Crippen LogP contribution is 2.41. The summed E-state index contributed by atoms with van der Waals surface area (Å²) in [4.78, 5) is 16.8. The van der Waals surface area contributed by atoms with Gasteiger partial charge in [-0.15, -0.1) is 0 Å². The highest BCUT2D eigenvalue weighted by Gasteiger charge is 2.41. The van der Waals surface area contributed by atoms with E-state index in [0.717, 1.165) is 16.7 Å². The molecule has 0 bridgehead atoms. The van der Waals surface area contributed by atoms with Gasteiger partial charge in [0.2, 0.25) is 5.91 Å². The number of hydroxylamine groups is 3. The maximum atomic E-state index is 13.9. The SMILES string of the molecule is C.Cc1ccccc1-c1cc(N2CC[N+](C)([O-])CC2)[n+]([O-])cc1N(C)C(=O)C(C)(C)c1cc(C(F)(F)F)cc(C(F)(F)F)c1. The molecule has 0 radical (unpaired) electrons. The molecule has 13 heteroatoms. The topological polar surface area (TPSA) is 73.5 Å². The first kappa shape index (κ1) is 34.6. The van der Waals surface area contributed by atoms with Gasteiger partial charge in [-0.25, -0.2) is 9.63 Å². The second-order valence-electron chi connectivity index (χ2n) is 11.6. The van der Waals surface area contributed by atoms with E-state index in [2.05, 4.69) is 0 Å². The lowest BCUT2D eigenvalue weighted by Crippen LogP contribution is -2.56. The lowest BCUT2D eigenvalue weighted by molar-refractivity contribution is -0.861. The molecule has 0 N–H and O–H groups in total. The molecule has 0 saturated carbocycles. The molecule has 2 aromatic carbocycles. The predicted molar refractivity (Wildman–Crippen MR) is 157 cm³/mol.